The Balaban J connectivity index is 2.21. The average Bonchev–Trinajstić information content (AvgIpc) is 2.62. The fraction of sp³-hybridized carbons (Fsp3) is 0.100. The van der Waals surface area contributed by atoms with Crippen LogP contribution in [-0.4, -0.2) is 0 Å². The molecular formula is C20H10Cl2F6. The summed E-state index contributed by atoms with van der Waals surface area (Å²) in [7, 11) is 0. The lowest BCUT2D eigenvalue weighted by molar-refractivity contribution is -0.137. The molecule has 0 aliphatic carbocycles. The smallest absolute Gasteiger partial charge is 0.166 e. The first-order valence-corrected chi connectivity index (χ1v) is 8.58. The molecule has 8 heteroatoms. The zero-order chi connectivity index (χ0) is 20.7. The lowest BCUT2D eigenvalue weighted by Gasteiger charge is -2.17. The Kier molecular flexibility index (Phi) is 5.38. The summed E-state index contributed by atoms with van der Waals surface area (Å²) in [6.07, 6.45) is -9.26. The molecule has 0 unspecified atom stereocenters. The maximum Gasteiger partial charge on any atom is 0.417 e. The summed E-state index contributed by atoms with van der Waals surface area (Å²) in [5, 5.41) is -0.291. The first-order valence-electron chi connectivity index (χ1n) is 7.82. The highest BCUT2D eigenvalue weighted by molar-refractivity contribution is 6.37. The summed E-state index contributed by atoms with van der Waals surface area (Å²) in [5.74, 6) is 0. The average molecular weight is 435 g/mol. The van der Waals surface area contributed by atoms with E-state index < -0.39 is 23.5 Å². The van der Waals surface area contributed by atoms with Crippen LogP contribution in [0.5, 0.6) is 0 Å². The zero-order valence-electron chi connectivity index (χ0n) is 13.8. The van der Waals surface area contributed by atoms with Crippen LogP contribution in [0.25, 0.3) is 22.3 Å². The molecule has 0 bridgehead atoms. The highest BCUT2D eigenvalue weighted by Crippen LogP contribution is 2.45. The van der Waals surface area contributed by atoms with Crippen molar-refractivity contribution in [3.63, 3.8) is 0 Å². The molecule has 0 fully saturated rings. The lowest BCUT2D eigenvalue weighted by Crippen LogP contribution is -2.08. The van der Waals surface area contributed by atoms with E-state index in [-0.39, 0.29) is 32.3 Å². The number of hydrogen-bond acceptors (Lipinski definition) is 0. The highest BCUT2D eigenvalue weighted by atomic mass is 35.5. The van der Waals surface area contributed by atoms with Crippen LogP contribution in [0.3, 0.4) is 0 Å². The van der Waals surface area contributed by atoms with E-state index in [1.165, 1.54) is 36.4 Å². The molecule has 0 heterocycles. The monoisotopic (exact) mass is 434 g/mol. The van der Waals surface area contributed by atoms with E-state index in [2.05, 4.69) is 0 Å². The maximum absolute atomic E-state index is 13.3. The molecule has 0 radical (unpaired) electrons. The van der Waals surface area contributed by atoms with Gasteiger partial charge in [0.05, 0.1) is 11.1 Å². The van der Waals surface area contributed by atoms with Gasteiger partial charge in [-0.15, -0.1) is 0 Å². The molecule has 3 aromatic carbocycles. The van der Waals surface area contributed by atoms with E-state index in [1.807, 2.05) is 0 Å². The van der Waals surface area contributed by atoms with Gasteiger partial charge in [0.15, 0.2) is 0 Å². The first-order chi connectivity index (χ1) is 13.0. The zero-order valence-corrected chi connectivity index (χ0v) is 15.3. The molecule has 0 atom stereocenters. The van der Waals surface area contributed by atoms with Crippen LogP contribution in [0, 0.1) is 0 Å². The molecule has 0 aliphatic heterocycles. The number of hydrogen-bond donors (Lipinski definition) is 0. The summed E-state index contributed by atoms with van der Waals surface area (Å²) in [6, 6.07) is 11.8. The fourth-order valence-corrected chi connectivity index (χ4v) is 3.42. The van der Waals surface area contributed by atoms with Gasteiger partial charge in [0.1, 0.15) is 0 Å². The molecule has 0 amide bonds. The predicted molar refractivity (Wildman–Crippen MR) is 97.3 cm³/mol. The van der Waals surface area contributed by atoms with Crippen LogP contribution in [-0.2, 0) is 12.4 Å². The molecule has 0 spiro atoms. The SMILES string of the molecule is FC(F)(F)c1ccccc1-c1cc(Cl)c(-c2ccccc2C(F)(F)F)cc1Cl. The number of alkyl halides is 6. The summed E-state index contributed by atoms with van der Waals surface area (Å²) in [4.78, 5) is 0. The Labute approximate surface area is 166 Å². The molecular weight excluding hydrogens is 425 g/mol. The minimum Gasteiger partial charge on any atom is -0.166 e. The van der Waals surface area contributed by atoms with Crippen molar-refractivity contribution in [1.82, 2.24) is 0 Å². The molecule has 146 valence electrons. The second kappa shape index (κ2) is 7.33. The fourth-order valence-electron chi connectivity index (χ4n) is 2.89. The maximum atomic E-state index is 13.3. The van der Waals surface area contributed by atoms with E-state index in [4.69, 9.17) is 23.2 Å². The largest absolute Gasteiger partial charge is 0.417 e. The molecule has 0 saturated carbocycles. The van der Waals surface area contributed by atoms with E-state index in [0.717, 1.165) is 24.3 Å². The normalized spacial score (nSPS) is 12.3. The van der Waals surface area contributed by atoms with Crippen LogP contribution in [0.4, 0.5) is 26.3 Å². The number of rotatable bonds is 2. The minimum absolute atomic E-state index is 0.0205. The lowest BCUT2D eigenvalue weighted by atomic mass is 9.94. The van der Waals surface area contributed by atoms with Crippen molar-refractivity contribution in [1.29, 1.82) is 0 Å². The predicted octanol–water partition coefficient (Wildman–Crippen LogP) is 8.37. The van der Waals surface area contributed by atoms with E-state index in [0.29, 0.717) is 0 Å². The van der Waals surface area contributed by atoms with Crippen LogP contribution in [0.15, 0.2) is 60.7 Å². The van der Waals surface area contributed by atoms with Crippen molar-refractivity contribution in [3.8, 4) is 22.3 Å². The molecule has 0 aliphatic rings. The van der Waals surface area contributed by atoms with Gasteiger partial charge in [-0.1, -0.05) is 59.6 Å². The molecule has 3 aromatic rings. The molecule has 3 rings (SSSR count). The van der Waals surface area contributed by atoms with Gasteiger partial charge in [0.2, 0.25) is 0 Å². The third kappa shape index (κ3) is 3.98. The summed E-state index contributed by atoms with van der Waals surface area (Å²) in [6.45, 7) is 0. The van der Waals surface area contributed by atoms with Gasteiger partial charge in [-0.05, 0) is 35.4 Å². The van der Waals surface area contributed by atoms with Gasteiger partial charge in [-0.3, -0.25) is 0 Å². The van der Waals surface area contributed by atoms with Gasteiger partial charge < -0.3 is 0 Å². The van der Waals surface area contributed by atoms with Crippen molar-refractivity contribution in [2.75, 3.05) is 0 Å². The van der Waals surface area contributed by atoms with E-state index >= 15 is 0 Å². The summed E-state index contributed by atoms with van der Waals surface area (Å²) >= 11 is 12.3. The van der Waals surface area contributed by atoms with Gasteiger partial charge >= 0.3 is 12.4 Å². The molecule has 0 nitrogen and oxygen atoms in total. The molecule has 28 heavy (non-hydrogen) atoms. The van der Waals surface area contributed by atoms with Crippen molar-refractivity contribution in [2.24, 2.45) is 0 Å². The minimum atomic E-state index is -4.63. The van der Waals surface area contributed by atoms with E-state index in [9.17, 15) is 26.3 Å². The van der Waals surface area contributed by atoms with Crippen molar-refractivity contribution in [3.05, 3.63) is 81.8 Å². The van der Waals surface area contributed by atoms with Crippen LogP contribution in [0.2, 0.25) is 10.0 Å². The van der Waals surface area contributed by atoms with Crippen molar-refractivity contribution >= 4 is 23.2 Å². The second-order valence-corrected chi connectivity index (χ2v) is 6.71. The molecule has 0 saturated heterocycles. The molecule has 0 N–H and O–H groups in total. The van der Waals surface area contributed by atoms with Crippen molar-refractivity contribution in [2.45, 2.75) is 12.4 Å². The first kappa shape index (κ1) is 20.6. The Bertz CT molecular complexity index is 939. The van der Waals surface area contributed by atoms with Crippen LogP contribution in [0.1, 0.15) is 11.1 Å². The van der Waals surface area contributed by atoms with Crippen molar-refractivity contribution < 1.29 is 26.3 Å². The van der Waals surface area contributed by atoms with E-state index in [1.54, 1.807) is 0 Å². The van der Waals surface area contributed by atoms with Crippen LogP contribution >= 0.6 is 23.2 Å². The van der Waals surface area contributed by atoms with Gasteiger partial charge in [-0.2, -0.15) is 26.3 Å². The Morgan fingerprint density at radius 1 is 0.500 bits per heavy atom. The second-order valence-electron chi connectivity index (χ2n) is 5.90. The summed E-state index contributed by atoms with van der Waals surface area (Å²) in [5.41, 5.74) is -2.30. The quantitative estimate of drug-likeness (QED) is 0.355. The number of benzene rings is 3. The van der Waals surface area contributed by atoms with Gasteiger partial charge in [-0.25, -0.2) is 0 Å². The number of halogens is 8. The van der Waals surface area contributed by atoms with Gasteiger partial charge in [0, 0.05) is 21.2 Å². The Hall–Kier alpha value is -2.18. The highest BCUT2D eigenvalue weighted by Gasteiger charge is 2.35. The van der Waals surface area contributed by atoms with Crippen LogP contribution < -0.4 is 0 Å². The standard InChI is InChI=1S/C20H10Cl2F6/c21-17-10-14(12-6-2-4-8-16(12)20(26,27)28)18(22)9-13(17)11-5-1-3-7-15(11)19(23,24)25/h1-10H. The van der Waals surface area contributed by atoms with Gasteiger partial charge in [0.25, 0.3) is 0 Å². The third-order valence-corrected chi connectivity index (χ3v) is 4.73. The molecule has 0 aromatic heterocycles. The third-order valence-electron chi connectivity index (χ3n) is 4.10. The topological polar surface area (TPSA) is 0 Å². The Morgan fingerprint density at radius 2 is 0.821 bits per heavy atom. The Morgan fingerprint density at radius 3 is 1.14 bits per heavy atom. The summed E-state index contributed by atoms with van der Waals surface area (Å²) < 4.78 is 79.8.